The molecule has 1 aromatic rings. The van der Waals surface area contributed by atoms with Gasteiger partial charge < -0.3 is 10.4 Å². The first-order valence-corrected chi connectivity index (χ1v) is 5.89. The third-order valence-corrected chi connectivity index (χ3v) is 3.08. The lowest BCUT2D eigenvalue weighted by Gasteiger charge is -2.22. The lowest BCUT2D eigenvalue weighted by molar-refractivity contribution is 0.156. The molecule has 0 spiro atoms. The molecule has 0 unspecified atom stereocenters. The maximum Gasteiger partial charge on any atom is 0.0494 e. The number of aliphatic hydroxyl groups is 1. The average Bonchev–Trinajstić information content (AvgIpc) is 2.21. The van der Waals surface area contributed by atoms with Crippen molar-refractivity contribution < 1.29 is 5.11 Å². The fourth-order valence-corrected chi connectivity index (χ4v) is 1.66. The predicted molar refractivity (Wildman–Crippen MR) is 66.7 cm³/mol. The topological polar surface area (TPSA) is 32.3 Å². The number of hydrogen-bond donors (Lipinski definition) is 2. The highest BCUT2D eigenvalue weighted by atomic mass is 79.9. The summed E-state index contributed by atoms with van der Waals surface area (Å²) in [4.78, 5) is 0. The fourth-order valence-electron chi connectivity index (χ4n) is 1.23. The number of rotatable bonds is 5. The molecule has 0 radical (unpaired) electrons. The zero-order valence-corrected chi connectivity index (χ0v) is 10.8. The summed E-state index contributed by atoms with van der Waals surface area (Å²) >= 11 is 3.50. The van der Waals surface area contributed by atoms with Crippen LogP contribution < -0.4 is 5.32 Å². The Morgan fingerprint density at radius 2 is 2.00 bits per heavy atom. The van der Waals surface area contributed by atoms with E-state index >= 15 is 0 Å². The molecule has 0 saturated carbocycles. The van der Waals surface area contributed by atoms with Gasteiger partial charge in [-0.1, -0.05) is 48.0 Å². The first-order valence-electron chi connectivity index (χ1n) is 5.10. The van der Waals surface area contributed by atoms with Crippen LogP contribution in [0.1, 0.15) is 19.4 Å². The number of benzene rings is 1. The number of aliphatic hydroxyl groups excluding tert-OH is 1. The van der Waals surface area contributed by atoms with E-state index in [9.17, 15) is 0 Å². The van der Waals surface area contributed by atoms with E-state index in [0.29, 0.717) is 0 Å². The normalized spacial score (nSPS) is 11.7. The van der Waals surface area contributed by atoms with Crippen LogP contribution in [-0.4, -0.2) is 18.3 Å². The first-order chi connectivity index (χ1) is 7.05. The van der Waals surface area contributed by atoms with Crippen LogP contribution in [0, 0.1) is 5.41 Å². The van der Waals surface area contributed by atoms with Gasteiger partial charge >= 0.3 is 0 Å². The first kappa shape index (κ1) is 12.7. The second-order valence-corrected chi connectivity index (χ2v) is 5.37. The summed E-state index contributed by atoms with van der Waals surface area (Å²) in [6, 6.07) is 8.15. The van der Waals surface area contributed by atoms with Crippen LogP contribution in [0.3, 0.4) is 0 Å². The van der Waals surface area contributed by atoms with E-state index in [-0.39, 0.29) is 12.0 Å². The molecule has 3 heteroatoms. The van der Waals surface area contributed by atoms with Crippen molar-refractivity contribution in [3.63, 3.8) is 0 Å². The van der Waals surface area contributed by atoms with Gasteiger partial charge in [-0.15, -0.1) is 0 Å². The van der Waals surface area contributed by atoms with Gasteiger partial charge in [0.05, 0.1) is 0 Å². The molecular weight excluding hydrogens is 254 g/mol. The minimum Gasteiger partial charge on any atom is -0.396 e. The van der Waals surface area contributed by atoms with Crippen LogP contribution in [0.5, 0.6) is 0 Å². The van der Waals surface area contributed by atoms with Crippen molar-refractivity contribution in [3.05, 3.63) is 34.3 Å². The Kier molecular flexibility index (Phi) is 4.77. The molecule has 84 valence electrons. The largest absolute Gasteiger partial charge is 0.396 e. The SMILES string of the molecule is CC(C)(CO)CNCc1ccccc1Br. The molecule has 0 bridgehead atoms. The standard InChI is InChI=1S/C12H18BrNO/c1-12(2,9-15)8-14-7-10-5-3-4-6-11(10)13/h3-6,14-15H,7-9H2,1-2H3. The van der Waals surface area contributed by atoms with E-state index in [0.717, 1.165) is 17.6 Å². The van der Waals surface area contributed by atoms with Crippen molar-refractivity contribution in [1.29, 1.82) is 0 Å². The molecule has 0 aromatic heterocycles. The zero-order chi connectivity index (χ0) is 11.3. The molecule has 0 fully saturated rings. The van der Waals surface area contributed by atoms with E-state index in [1.165, 1.54) is 5.56 Å². The van der Waals surface area contributed by atoms with Gasteiger partial charge in [-0.25, -0.2) is 0 Å². The smallest absolute Gasteiger partial charge is 0.0494 e. The van der Waals surface area contributed by atoms with Gasteiger partial charge in [-0.05, 0) is 11.6 Å². The molecule has 0 saturated heterocycles. The zero-order valence-electron chi connectivity index (χ0n) is 9.26. The predicted octanol–water partition coefficient (Wildman–Crippen LogP) is 2.56. The molecule has 0 aliphatic heterocycles. The van der Waals surface area contributed by atoms with Gasteiger partial charge in [-0.3, -0.25) is 0 Å². The highest BCUT2D eigenvalue weighted by Gasteiger charge is 2.15. The highest BCUT2D eigenvalue weighted by Crippen LogP contribution is 2.16. The summed E-state index contributed by atoms with van der Waals surface area (Å²) in [5, 5.41) is 12.4. The summed E-state index contributed by atoms with van der Waals surface area (Å²) < 4.78 is 1.12. The molecule has 15 heavy (non-hydrogen) atoms. The van der Waals surface area contributed by atoms with Gasteiger partial charge in [0.2, 0.25) is 0 Å². The Morgan fingerprint density at radius 1 is 1.33 bits per heavy atom. The minimum absolute atomic E-state index is 0.0543. The van der Waals surface area contributed by atoms with E-state index < -0.39 is 0 Å². The van der Waals surface area contributed by atoms with Crippen molar-refractivity contribution in [3.8, 4) is 0 Å². The lowest BCUT2D eigenvalue weighted by Crippen LogP contribution is -2.31. The Labute approximate surface area is 99.8 Å². The van der Waals surface area contributed by atoms with Crippen LogP contribution in [-0.2, 0) is 6.54 Å². The van der Waals surface area contributed by atoms with Crippen LogP contribution in [0.2, 0.25) is 0 Å². The van der Waals surface area contributed by atoms with E-state index in [1.807, 2.05) is 32.0 Å². The van der Waals surface area contributed by atoms with Crippen molar-refractivity contribution >= 4 is 15.9 Å². The number of nitrogens with one attached hydrogen (secondary N) is 1. The van der Waals surface area contributed by atoms with E-state index in [2.05, 4.69) is 27.3 Å². The maximum absolute atomic E-state index is 9.10. The number of hydrogen-bond acceptors (Lipinski definition) is 2. The fraction of sp³-hybridized carbons (Fsp3) is 0.500. The second kappa shape index (κ2) is 5.64. The molecule has 1 rings (SSSR count). The molecule has 0 atom stereocenters. The molecule has 0 heterocycles. The third-order valence-electron chi connectivity index (χ3n) is 2.30. The molecule has 2 nitrogen and oxygen atoms in total. The van der Waals surface area contributed by atoms with Crippen LogP contribution >= 0.6 is 15.9 Å². The molecule has 0 aliphatic rings. The van der Waals surface area contributed by atoms with Gasteiger partial charge in [0, 0.05) is 29.6 Å². The Bertz CT molecular complexity index is 312. The van der Waals surface area contributed by atoms with Crippen molar-refractivity contribution in [2.24, 2.45) is 5.41 Å². The molecule has 0 amide bonds. The summed E-state index contributed by atoms with van der Waals surface area (Å²) in [7, 11) is 0. The highest BCUT2D eigenvalue weighted by molar-refractivity contribution is 9.10. The summed E-state index contributed by atoms with van der Waals surface area (Å²) in [5.74, 6) is 0. The molecular formula is C12H18BrNO. The Hall–Kier alpha value is -0.380. The maximum atomic E-state index is 9.10. The van der Waals surface area contributed by atoms with Gasteiger partial charge in [0.25, 0.3) is 0 Å². The molecule has 2 N–H and O–H groups in total. The second-order valence-electron chi connectivity index (χ2n) is 4.52. The van der Waals surface area contributed by atoms with Crippen molar-refractivity contribution in [2.45, 2.75) is 20.4 Å². The molecule has 1 aromatic carbocycles. The lowest BCUT2D eigenvalue weighted by atomic mass is 9.95. The van der Waals surface area contributed by atoms with E-state index in [4.69, 9.17) is 5.11 Å². The summed E-state index contributed by atoms with van der Waals surface area (Å²) in [6.45, 7) is 5.92. The summed E-state index contributed by atoms with van der Waals surface area (Å²) in [5.41, 5.74) is 1.19. The van der Waals surface area contributed by atoms with Crippen LogP contribution in [0.25, 0.3) is 0 Å². The monoisotopic (exact) mass is 271 g/mol. The van der Waals surface area contributed by atoms with Gasteiger partial charge in [-0.2, -0.15) is 0 Å². The molecule has 0 aliphatic carbocycles. The number of halogens is 1. The van der Waals surface area contributed by atoms with Crippen molar-refractivity contribution in [1.82, 2.24) is 5.32 Å². The third kappa shape index (κ3) is 4.33. The van der Waals surface area contributed by atoms with Gasteiger partial charge in [0.1, 0.15) is 0 Å². The summed E-state index contributed by atoms with van der Waals surface area (Å²) in [6.07, 6.45) is 0. The van der Waals surface area contributed by atoms with Crippen LogP contribution in [0.15, 0.2) is 28.7 Å². The minimum atomic E-state index is -0.0543. The van der Waals surface area contributed by atoms with E-state index in [1.54, 1.807) is 0 Å². The van der Waals surface area contributed by atoms with Crippen molar-refractivity contribution in [2.75, 3.05) is 13.2 Å². The Balaban J connectivity index is 2.42. The quantitative estimate of drug-likeness (QED) is 0.863. The van der Waals surface area contributed by atoms with Gasteiger partial charge in [0.15, 0.2) is 0 Å². The van der Waals surface area contributed by atoms with Crippen LogP contribution in [0.4, 0.5) is 0 Å². The Morgan fingerprint density at radius 3 is 2.60 bits per heavy atom. The average molecular weight is 272 g/mol.